The van der Waals surface area contributed by atoms with Crippen LogP contribution in [0.15, 0.2) is 120 Å². The molecule has 9 heteroatoms. The molecule has 9 nitrogen and oxygen atoms in total. The molecule has 7 rings (SSSR count). The number of carbonyl (C=O) groups is 2. The van der Waals surface area contributed by atoms with Crippen molar-refractivity contribution in [3.05, 3.63) is 148 Å². The molecule has 5 atom stereocenters. The average molecular weight is 825 g/mol. The van der Waals surface area contributed by atoms with Crippen molar-refractivity contribution in [2.75, 3.05) is 33.4 Å². The van der Waals surface area contributed by atoms with Crippen molar-refractivity contribution in [3.63, 3.8) is 0 Å². The number of ketones is 2. The first-order valence-corrected chi connectivity index (χ1v) is 22.4. The van der Waals surface area contributed by atoms with E-state index in [1.165, 1.54) is 41.9 Å². The van der Waals surface area contributed by atoms with E-state index in [0.717, 1.165) is 82.1 Å². The summed E-state index contributed by atoms with van der Waals surface area (Å²) in [5, 5.41) is 32.1. The fraction of sp³-hybridized carbons (Fsp3) is 0.423. The number of carbonyl (C=O) groups excluding carboxylic acids is 2. The quantitative estimate of drug-likeness (QED) is 0.0395. The number of methoxy groups -OCH3 is 1. The number of hydrogen-bond acceptors (Lipinski definition) is 9. The minimum Gasteiger partial charge on any atom is -0.504 e. The van der Waals surface area contributed by atoms with E-state index in [1.807, 2.05) is 18.3 Å². The van der Waals surface area contributed by atoms with E-state index in [1.54, 1.807) is 12.1 Å². The van der Waals surface area contributed by atoms with Gasteiger partial charge in [-0.05, 0) is 150 Å². The Kier molecular flexibility index (Phi) is 15.6. The molecule has 61 heavy (non-hydrogen) atoms. The Morgan fingerprint density at radius 1 is 0.918 bits per heavy atom. The number of allylic oxidation sites excluding steroid dienone is 3. The molecule has 1 saturated heterocycles. The number of aliphatic hydroxyl groups is 1. The molecule has 0 radical (unpaired) electrons. The smallest absolute Gasteiger partial charge is 0.163 e. The van der Waals surface area contributed by atoms with E-state index < -0.39 is 6.61 Å². The Balaban J connectivity index is 0.950. The zero-order valence-electron chi connectivity index (χ0n) is 35.7. The van der Waals surface area contributed by atoms with Crippen molar-refractivity contribution < 1.29 is 24.5 Å². The lowest BCUT2D eigenvalue weighted by atomic mass is 9.65. The largest absolute Gasteiger partial charge is 0.504 e. The second kappa shape index (κ2) is 21.6. The first-order chi connectivity index (χ1) is 29.8. The summed E-state index contributed by atoms with van der Waals surface area (Å²) in [6, 6.07) is 23.0. The van der Waals surface area contributed by atoms with Gasteiger partial charge in [0.15, 0.2) is 17.3 Å². The molecule has 3 aliphatic heterocycles. The number of unbranched alkanes of at least 4 members (excludes halogenated alkanes) is 2. The number of nitrogens with one attached hydrogen (secondary N) is 3. The summed E-state index contributed by atoms with van der Waals surface area (Å²) in [4.78, 5) is 26.5. The van der Waals surface area contributed by atoms with E-state index in [4.69, 9.17) is 10.5 Å². The van der Waals surface area contributed by atoms with E-state index in [2.05, 4.69) is 82.7 Å². The van der Waals surface area contributed by atoms with Crippen LogP contribution in [0.3, 0.4) is 0 Å². The second-order valence-electron chi connectivity index (χ2n) is 17.3. The third-order valence-corrected chi connectivity index (χ3v) is 13.1. The third kappa shape index (κ3) is 11.9. The monoisotopic (exact) mass is 824 g/mol. The van der Waals surface area contributed by atoms with E-state index in [0.29, 0.717) is 53.3 Å². The number of phenolic OH excluding ortho intramolecular Hbond substituents is 1. The molecule has 322 valence electrons. The summed E-state index contributed by atoms with van der Waals surface area (Å²) < 4.78 is 5.46. The normalized spacial score (nSPS) is 22.2. The van der Waals surface area contributed by atoms with Crippen LogP contribution >= 0.6 is 0 Å². The second-order valence-corrected chi connectivity index (χ2v) is 17.3. The van der Waals surface area contributed by atoms with Gasteiger partial charge in [0.1, 0.15) is 5.78 Å². The number of dihydropyridines is 1. The van der Waals surface area contributed by atoms with Gasteiger partial charge in [0.05, 0.1) is 26.3 Å². The van der Waals surface area contributed by atoms with Crippen molar-refractivity contribution in [3.8, 4) is 11.5 Å². The Morgan fingerprint density at radius 2 is 1.70 bits per heavy atom. The van der Waals surface area contributed by atoms with Crippen molar-refractivity contribution >= 4 is 17.1 Å². The lowest BCUT2D eigenvalue weighted by Crippen LogP contribution is -2.51. The highest BCUT2D eigenvalue weighted by Gasteiger charge is 2.40. The molecule has 0 amide bonds. The number of ether oxygens (including phenoxy) is 1. The van der Waals surface area contributed by atoms with Crippen molar-refractivity contribution in [1.82, 2.24) is 16.0 Å². The van der Waals surface area contributed by atoms with Gasteiger partial charge in [-0.1, -0.05) is 85.7 Å². The molecule has 0 aromatic heterocycles. The standard InChI is InChI=1S/C52H64N4O5/c1-61-50-31-48(43(34-57)27-45(59)30-44(58)15-6-3-7-16-47-46-21-23-54-32-42(46)25-39-14-9-22-55-52(39)47)40(28-49(50)60)26-41-33-56-51(53)29-38(41)20-19-37-13-8-12-36(24-37)18-17-35-10-4-2-5-11-35/h2,4-5,8-14,24-25,27-29,31,33,42,46-47,51-52,54-57,60H,3,6-7,15-23,26,30,32,34,53H2,1H3. The summed E-state index contributed by atoms with van der Waals surface area (Å²) in [7, 11) is 1.47. The Morgan fingerprint density at radius 3 is 2.51 bits per heavy atom. The Bertz CT molecular complexity index is 2150. The summed E-state index contributed by atoms with van der Waals surface area (Å²) >= 11 is 0. The molecule has 0 spiro atoms. The number of Topliss-reactive ketones (excluding diaryl/α,β-unsaturated/α-hetero) is 1. The molecular formula is C52H64N4O5. The molecule has 0 bridgehead atoms. The number of piperidine rings is 1. The van der Waals surface area contributed by atoms with Crippen molar-refractivity contribution in [2.45, 2.75) is 89.3 Å². The number of hydrogen-bond donors (Lipinski definition) is 6. The first kappa shape index (κ1) is 44.0. The van der Waals surface area contributed by atoms with Gasteiger partial charge in [-0.3, -0.25) is 9.59 Å². The zero-order chi connectivity index (χ0) is 42.6. The molecular weight excluding hydrogens is 761 g/mol. The number of aromatic hydroxyl groups is 1. The minimum atomic E-state index is -0.423. The maximum atomic E-state index is 13.4. The van der Waals surface area contributed by atoms with E-state index in [-0.39, 0.29) is 35.7 Å². The van der Waals surface area contributed by atoms with Gasteiger partial charge < -0.3 is 36.6 Å². The van der Waals surface area contributed by atoms with Crippen LogP contribution in [-0.4, -0.2) is 67.3 Å². The van der Waals surface area contributed by atoms with Crippen LogP contribution < -0.4 is 26.4 Å². The first-order valence-electron chi connectivity index (χ1n) is 22.4. The van der Waals surface area contributed by atoms with Crippen LogP contribution in [0.4, 0.5) is 0 Å². The van der Waals surface area contributed by atoms with Crippen LogP contribution in [0.1, 0.15) is 79.2 Å². The van der Waals surface area contributed by atoms with Crippen LogP contribution in [-0.2, 0) is 35.3 Å². The SMILES string of the molecule is COc1cc(C(=CC(=O)CC(=O)CCCCCC2C3NCC=CC3=CC3CNCCC32)CO)c(CC2=CNC(N)C=C2CCc2cccc(CCc3ccccc3)c2)cc1O. The maximum Gasteiger partial charge on any atom is 0.163 e. The molecule has 5 unspecified atom stereocenters. The summed E-state index contributed by atoms with van der Waals surface area (Å²) in [6.07, 6.45) is 21.2. The predicted octanol–water partition coefficient (Wildman–Crippen LogP) is 7.22. The molecule has 3 aromatic carbocycles. The van der Waals surface area contributed by atoms with Gasteiger partial charge in [-0.2, -0.15) is 0 Å². The number of nitrogens with two attached hydrogens (primary N) is 1. The zero-order valence-corrected chi connectivity index (χ0v) is 35.7. The van der Waals surface area contributed by atoms with Crippen molar-refractivity contribution in [1.29, 1.82) is 0 Å². The number of aliphatic hydroxyl groups excluding tert-OH is 1. The summed E-state index contributed by atoms with van der Waals surface area (Å²) in [5.41, 5.74) is 15.4. The maximum absolute atomic E-state index is 13.4. The molecule has 3 heterocycles. The van der Waals surface area contributed by atoms with Gasteiger partial charge in [0.2, 0.25) is 0 Å². The number of phenols is 1. The fourth-order valence-electron chi connectivity index (χ4n) is 9.93. The molecule has 1 aliphatic carbocycles. The van der Waals surface area contributed by atoms with Crippen LogP contribution in [0, 0.1) is 17.8 Å². The van der Waals surface area contributed by atoms with Gasteiger partial charge in [-0.25, -0.2) is 0 Å². The molecule has 0 saturated carbocycles. The van der Waals surface area contributed by atoms with Gasteiger partial charge >= 0.3 is 0 Å². The third-order valence-electron chi connectivity index (χ3n) is 13.1. The van der Waals surface area contributed by atoms with Gasteiger partial charge in [-0.15, -0.1) is 0 Å². The lowest BCUT2D eigenvalue weighted by Gasteiger charge is -2.46. The number of aryl methyl sites for hydroxylation is 3. The molecule has 4 aliphatic rings. The van der Waals surface area contributed by atoms with Crippen molar-refractivity contribution in [2.24, 2.45) is 23.5 Å². The van der Waals surface area contributed by atoms with Crippen LogP contribution in [0.25, 0.3) is 5.57 Å². The minimum absolute atomic E-state index is 0.0400. The number of fused-ring (bicyclic) bond motifs is 2. The summed E-state index contributed by atoms with van der Waals surface area (Å²) in [6.45, 7) is 2.63. The highest BCUT2D eigenvalue weighted by atomic mass is 16.5. The van der Waals surface area contributed by atoms with Crippen LogP contribution in [0.2, 0.25) is 0 Å². The van der Waals surface area contributed by atoms with E-state index in [9.17, 15) is 19.8 Å². The summed E-state index contributed by atoms with van der Waals surface area (Å²) in [5.74, 6) is 1.63. The van der Waals surface area contributed by atoms with Gasteiger partial charge in [0.25, 0.3) is 0 Å². The fourth-order valence-corrected chi connectivity index (χ4v) is 9.93. The van der Waals surface area contributed by atoms with Crippen LogP contribution in [0.5, 0.6) is 11.5 Å². The Labute approximate surface area is 361 Å². The van der Waals surface area contributed by atoms with E-state index >= 15 is 0 Å². The Hall–Kier alpha value is -5.06. The predicted molar refractivity (Wildman–Crippen MR) is 244 cm³/mol. The molecule has 7 N–H and O–H groups in total. The number of rotatable bonds is 20. The molecule has 3 aromatic rings. The number of benzene rings is 3. The topological polar surface area (TPSA) is 146 Å². The average Bonchev–Trinajstić information content (AvgIpc) is 3.27. The highest BCUT2D eigenvalue weighted by molar-refractivity contribution is 6.07. The highest BCUT2D eigenvalue weighted by Crippen LogP contribution is 2.42. The molecule has 1 fully saturated rings. The van der Waals surface area contributed by atoms with Gasteiger partial charge in [0, 0.05) is 31.8 Å². The lowest BCUT2D eigenvalue weighted by molar-refractivity contribution is -0.124.